The van der Waals surface area contributed by atoms with Crippen LogP contribution in [-0.2, 0) is 33.3 Å². The standard InChI is InChI=1S/C26H42O7/c1-6-24(4,5)23(28)33-26-14-19-11-20(15-26)13-25(12-19,16-26)32-17(2)22(27)31-18(3)30-21-9-7-8-10-29-21/h17-21H,6-16H2,1-5H3. The molecule has 0 amide bonds. The Morgan fingerprint density at radius 3 is 2.33 bits per heavy atom. The van der Waals surface area contributed by atoms with Gasteiger partial charge in [0.05, 0.1) is 11.0 Å². The monoisotopic (exact) mass is 466 g/mol. The smallest absolute Gasteiger partial charge is 0.337 e. The number of rotatable bonds is 9. The lowest BCUT2D eigenvalue weighted by Gasteiger charge is -2.61. The fraction of sp³-hybridized carbons (Fsp3) is 0.923. The third kappa shape index (κ3) is 5.57. The molecule has 0 aromatic carbocycles. The van der Waals surface area contributed by atoms with E-state index in [4.69, 9.17) is 23.7 Å². The van der Waals surface area contributed by atoms with E-state index in [0.29, 0.717) is 24.9 Å². The molecule has 5 fully saturated rings. The van der Waals surface area contributed by atoms with Gasteiger partial charge in [-0.1, -0.05) is 6.92 Å². The van der Waals surface area contributed by atoms with Crippen molar-refractivity contribution >= 4 is 11.9 Å². The molecule has 0 N–H and O–H groups in total. The molecule has 0 aromatic heterocycles. The second-order valence-corrected chi connectivity index (χ2v) is 11.7. The lowest BCUT2D eigenvalue weighted by atomic mass is 9.52. The van der Waals surface area contributed by atoms with Crippen molar-refractivity contribution in [1.82, 2.24) is 0 Å². The van der Waals surface area contributed by atoms with Crippen molar-refractivity contribution in [1.29, 1.82) is 0 Å². The molecule has 5 aliphatic rings. The van der Waals surface area contributed by atoms with Crippen molar-refractivity contribution < 1.29 is 33.3 Å². The zero-order valence-electron chi connectivity index (χ0n) is 21.0. The SMILES string of the molecule is CCC(C)(C)C(=O)OC12CC3CC(C1)CC(OC(C)C(=O)OC(C)OC1CCCCO1)(C3)C2. The Morgan fingerprint density at radius 1 is 1.06 bits per heavy atom. The Kier molecular flexibility index (Phi) is 7.15. The summed E-state index contributed by atoms with van der Waals surface area (Å²) >= 11 is 0. The average molecular weight is 467 g/mol. The minimum absolute atomic E-state index is 0.120. The van der Waals surface area contributed by atoms with E-state index in [1.807, 2.05) is 20.8 Å². The number of carbonyl (C=O) groups excluding carboxylic acids is 2. The summed E-state index contributed by atoms with van der Waals surface area (Å²) in [5.74, 6) is 0.396. The van der Waals surface area contributed by atoms with E-state index in [-0.39, 0.29) is 12.3 Å². The van der Waals surface area contributed by atoms with Crippen LogP contribution in [0.2, 0.25) is 0 Å². The first kappa shape index (κ1) is 24.9. The summed E-state index contributed by atoms with van der Waals surface area (Å²) in [7, 11) is 0. The molecular formula is C26H42O7. The third-order valence-electron chi connectivity index (χ3n) is 8.22. The molecule has 4 saturated carbocycles. The van der Waals surface area contributed by atoms with Gasteiger partial charge in [-0.05, 0) is 97.3 Å². The van der Waals surface area contributed by atoms with Gasteiger partial charge in [-0.2, -0.15) is 0 Å². The highest BCUT2D eigenvalue weighted by molar-refractivity contribution is 5.76. The number of ether oxygens (including phenoxy) is 5. The Bertz CT molecular complexity index is 712. The summed E-state index contributed by atoms with van der Waals surface area (Å²) in [6.07, 6.45) is 7.41. The van der Waals surface area contributed by atoms with Gasteiger partial charge in [0.15, 0.2) is 12.4 Å². The minimum atomic E-state index is -0.709. The van der Waals surface area contributed by atoms with E-state index in [0.717, 1.165) is 57.8 Å². The second kappa shape index (κ2) is 9.46. The van der Waals surface area contributed by atoms with Crippen LogP contribution in [0.15, 0.2) is 0 Å². The van der Waals surface area contributed by atoms with Gasteiger partial charge in [0.25, 0.3) is 0 Å². The molecule has 7 heteroatoms. The normalized spacial score (nSPS) is 37.4. The van der Waals surface area contributed by atoms with Crippen LogP contribution in [0.5, 0.6) is 0 Å². The van der Waals surface area contributed by atoms with E-state index in [2.05, 4.69) is 0 Å². The van der Waals surface area contributed by atoms with Gasteiger partial charge in [-0.3, -0.25) is 4.79 Å². The quantitative estimate of drug-likeness (QED) is 0.353. The number of hydrogen-bond acceptors (Lipinski definition) is 7. The summed E-state index contributed by atoms with van der Waals surface area (Å²) in [5.41, 5.74) is -1.39. The van der Waals surface area contributed by atoms with Crippen molar-refractivity contribution in [2.45, 2.75) is 129 Å². The Hall–Kier alpha value is -1.18. The summed E-state index contributed by atoms with van der Waals surface area (Å²) in [6, 6.07) is 0. The van der Waals surface area contributed by atoms with E-state index in [9.17, 15) is 9.59 Å². The Labute approximate surface area is 198 Å². The van der Waals surface area contributed by atoms with Crippen molar-refractivity contribution in [3.63, 3.8) is 0 Å². The van der Waals surface area contributed by atoms with Gasteiger partial charge < -0.3 is 23.7 Å². The summed E-state index contributed by atoms with van der Waals surface area (Å²) in [5, 5.41) is 0. The molecule has 188 valence electrons. The lowest BCUT2D eigenvalue weighted by molar-refractivity contribution is -0.264. The predicted molar refractivity (Wildman–Crippen MR) is 121 cm³/mol. The zero-order valence-corrected chi connectivity index (χ0v) is 21.0. The van der Waals surface area contributed by atoms with Crippen molar-refractivity contribution in [3.8, 4) is 0 Å². The first-order valence-electron chi connectivity index (χ1n) is 12.9. The van der Waals surface area contributed by atoms with Crippen LogP contribution in [0.3, 0.4) is 0 Å². The van der Waals surface area contributed by atoms with Crippen LogP contribution in [0, 0.1) is 17.3 Å². The van der Waals surface area contributed by atoms with Crippen molar-refractivity contribution in [3.05, 3.63) is 0 Å². The highest BCUT2D eigenvalue weighted by Crippen LogP contribution is 2.60. The maximum Gasteiger partial charge on any atom is 0.337 e. The maximum absolute atomic E-state index is 12.9. The van der Waals surface area contributed by atoms with E-state index < -0.39 is 35.0 Å². The lowest BCUT2D eigenvalue weighted by Crippen LogP contribution is -2.62. The summed E-state index contributed by atoms with van der Waals surface area (Å²) < 4.78 is 29.5. The fourth-order valence-corrected chi connectivity index (χ4v) is 6.57. The first-order valence-corrected chi connectivity index (χ1v) is 12.9. The number of carbonyl (C=O) groups is 2. The molecular weight excluding hydrogens is 424 g/mol. The van der Waals surface area contributed by atoms with E-state index >= 15 is 0 Å². The predicted octanol–water partition coefficient (Wildman–Crippen LogP) is 4.89. The molecule has 1 heterocycles. The number of hydrogen-bond donors (Lipinski definition) is 0. The Balaban J connectivity index is 1.37. The number of esters is 2. The topological polar surface area (TPSA) is 80.3 Å². The molecule has 4 aliphatic carbocycles. The van der Waals surface area contributed by atoms with Gasteiger partial charge in [0, 0.05) is 13.0 Å². The molecule has 5 unspecified atom stereocenters. The van der Waals surface area contributed by atoms with Gasteiger partial charge in [-0.25, -0.2) is 4.79 Å². The maximum atomic E-state index is 12.9. The van der Waals surface area contributed by atoms with Crippen LogP contribution >= 0.6 is 0 Å². The van der Waals surface area contributed by atoms with Crippen molar-refractivity contribution in [2.24, 2.45) is 17.3 Å². The Morgan fingerprint density at radius 2 is 1.73 bits per heavy atom. The molecule has 0 aromatic rings. The van der Waals surface area contributed by atoms with Gasteiger partial charge in [-0.15, -0.1) is 0 Å². The van der Waals surface area contributed by atoms with Crippen LogP contribution in [-0.4, -0.2) is 48.4 Å². The molecule has 5 rings (SSSR count). The van der Waals surface area contributed by atoms with Crippen LogP contribution in [0.4, 0.5) is 0 Å². The molecule has 5 atom stereocenters. The molecule has 1 aliphatic heterocycles. The van der Waals surface area contributed by atoms with Crippen LogP contribution in [0.25, 0.3) is 0 Å². The van der Waals surface area contributed by atoms with Crippen LogP contribution < -0.4 is 0 Å². The van der Waals surface area contributed by atoms with E-state index in [1.54, 1.807) is 13.8 Å². The van der Waals surface area contributed by atoms with Gasteiger partial charge in [0.1, 0.15) is 5.60 Å². The highest BCUT2D eigenvalue weighted by Gasteiger charge is 2.61. The molecule has 0 spiro atoms. The summed E-state index contributed by atoms with van der Waals surface area (Å²) in [6.45, 7) is 10.1. The molecule has 4 bridgehead atoms. The van der Waals surface area contributed by atoms with Crippen molar-refractivity contribution in [2.75, 3.05) is 6.61 Å². The van der Waals surface area contributed by atoms with Gasteiger partial charge in [0.2, 0.25) is 6.29 Å². The molecule has 33 heavy (non-hydrogen) atoms. The van der Waals surface area contributed by atoms with Crippen LogP contribution in [0.1, 0.15) is 98.8 Å². The molecule has 7 nitrogen and oxygen atoms in total. The summed E-state index contributed by atoms with van der Waals surface area (Å²) in [4.78, 5) is 25.7. The average Bonchev–Trinajstić information content (AvgIpc) is 2.72. The molecule has 1 saturated heterocycles. The largest absolute Gasteiger partial charge is 0.459 e. The zero-order chi connectivity index (χ0) is 23.9. The molecule has 0 radical (unpaired) electrons. The minimum Gasteiger partial charge on any atom is -0.459 e. The fourth-order valence-electron chi connectivity index (χ4n) is 6.57. The van der Waals surface area contributed by atoms with E-state index in [1.165, 1.54) is 0 Å². The third-order valence-corrected chi connectivity index (χ3v) is 8.22. The second-order valence-electron chi connectivity index (χ2n) is 11.7. The first-order chi connectivity index (χ1) is 15.5. The highest BCUT2D eigenvalue weighted by atomic mass is 16.8. The van der Waals surface area contributed by atoms with Gasteiger partial charge >= 0.3 is 11.9 Å².